The second kappa shape index (κ2) is 10.7. The molecule has 1 saturated carbocycles. The van der Waals surface area contributed by atoms with E-state index in [9.17, 15) is 9.59 Å². The van der Waals surface area contributed by atoms with Crippen molar-refractivity contribution in [2.75, 3.05) is 68.7 Å². The minimum Gasteiger partial charge on any atom is -0.495 e. The molecule has 0 spiro atoms. The van der Waals surface area contributed by atoms with Crippen LogP contribution in [0.25, 0.3) is 0 Å². The predicted molar refractivity (Wildman–Crippen MR) is 150 cm³/mol. The number of benzene rings is 1. The van der Waals surface area contributed by atoms with Crippen LogP contribution in [0.4, 0.5) is 23.0 Å². The maximum Gasteiger partial charge on any atom is 0.254 e. The summed E-state index contributed by atoms with van der Waals surface area (Å²) in [5, 5.41) is 3.39. The molecule has 0 bridgehead atoms. The Hall–Kier alpha value is -3.37. The first kappa shape index (κ1) is 25.9. The van der Waals surface area contributed by atoms with Gasteiger partial charge in [0.05, 0.1) is 18.5 Å². The first-order valence-corrected chi connectivity index (χ1v) is 14.1. The second-order valence-electron chi connectivity index (χ2n) is 11.0. The number of carbonyl (C=O) groups is 2. The Kier molecular flexibility index (Phi) is 7.07. The third-order valence-corrected chi connectivity index (χ3v) is 8.53. The zero-order valence-electron chi connectivity index (χ0n) is 23.1. The van der Waals surface area contributed by atoms with Crippen molar-refractivity contribution in [3.63, 3.8) is 0 Å². The van der Waals surface area contributed by atoms with E-state index in [-0.39, 0.29) is 23.9 Å². The number of ether oxygens (including phenoxy) is 2. The normalized spacial score (nSPS) is 22.6. The van der Waals surface area contributed by atoms with Gasteiger partial charge in [-0.05, 0) is 62.9 Å². The fourth-order valence-electron chi connectivity index (χ4n) is 6.09. The molecule has 10 heteroatoms. The lowest BCUT2D eigenvalue weighted by atomic mass is 10.0. The largest absolute Gasteiger partial charge is 0.495 e. The van der Waals surface area contributed by atoms with E-state index in [4.69, 9.17) is 14.5 Å². The highest BCUT2D eigenvalue weighted by Crippen LogP contribution is 2.39. The first-order valence-electron chi connectivity index (χ1n) is 14.1. The Balaban J connectivity index is 1.22. The number of piperazine rings is 1. The molecule has 1 aromatic carbocycles. The molecule has 3 aliphatic heterocycles. The van der Waals surface area contributed by atoms with Crippen molar-refractivity contribution in [3.05, 3.63) is 35.9 Å². The Morgan fingerprint density at radius 3 is 2.46 bits per heavy atom. The summed E-state index contributed by atoms with van der Waals surface area (Å²) in [6, 6.07) is 9.96. The highest BCUT2D eigenvalue weighted by Gasteiger charge is 2.39. The topological polar surface area (TPSA) is 90.5 Å². The zero-order valence-corrected chi connectivity index (χ0v) is 23.1. The summed E-state index contributed by atoms with van der Waals surface area (Å²) in [5.41, 5.74) is 2.14. The van der Waals surface area contributed by atoms with Gasteiger partial charge in [-0.15, -0.1) is 0 Å². The van der Waals surface area contributed by atoms with Gasteiger partial charge in [-0.2, -0.15) is 0 Å². The van der Waals surface area contributed by atoms with Gasteiger partial charge in [-0.25, -0.2) is 4.98 Å². The summed E-state index contributed by atoms with van der Waals surface area (Å²) in [6.45, 7) is 6.73. The van der Waals surface area contributed by atoms with Gasteiger partial charge < -0.3 is 29.5 Å². The van der Waals surface area contributed by atoms with Crippen molar-refractivity contribution in [1.82, 2.24) is 14.8 Å². The molecule has 3 fully saturated rings. The average Bonchev–Trinajstić information content (AvgIpc) is 3.82. The molecule has 2 amide bonds. The number of nitrogens with zero attached hydrogens (tertiary/aromatic N) is 5. The number of aromatic nitrogens is 1. The number of methoxy groups -OCH3 is 1. The van der Waals surface area contributed by atoms with Crippen LogP contribution in [-0.2, 0) is 9.53 Å². The van der Waals surface area contributed by atoms with Gasteiger partial charge in [0.1, 0.15) is 17.6 Å². The summed E-state index contributed by atoms with van der Waals surface area (Å²) in [7, 11) is 3.41. The lowest BCUT2D eigenvalue weighted by Crippen LogP contribution is -2.56. The van der Waals surface area contributed by atoms with Gasteiger partial charge in [0.2, 0.25) is 5.91 Å². The molecule has 2 aromatic rings. The van der Waals surface area contributed by atoms with E-state index >= 15 is 0 Å². The fourth-order valence-corrected chi connectivity index (χ4v) is 6.09. The summed E-state index contributed by atoms with van der Waals surface area (Å²) in [5.74, 6) is 2.12. The van der Waals surface area contributed by atoms with Crippen LogP contribution in [0.5, 0.6) is 5.75 Å². The number of hydrogen-bond donors (Lipinski definition) is 1. The number of nitrogens with one attached hydrogen (secondary N) is 1. The lowest BCUT2D eigenvalue weighted by molar-refractivity contribution is -0.119. The van der Waals surface area contributed by atoms with Crippen molar-refractivity contribution in [3.8, 4) is 5.75 Å². The van der Waals surface area contributed by atoms with Crippen LogP contribution >= 0.6 is 0 Å². The van der Waals surface area contributed by atoms with Gasteiger partial charge in [0, 0.05) is 64.1 Å². The minimum atomic E-state index is -0.306. The lowest BCUT2D eigenvalue weighted by Gasteiger charge is -2.44. The number of fused-ring (bicyclic) bond motifs is 1. The quantitative estimate of drug-likeness (QED) is 0.605. The smallest absolute Gasteiger partial charge is 0.254 e. The molecule has 1 N–H and O–H groups in total. The molecule has 1 atom stereocenters. The van der Waals surface area contributed by atoms with Crippen LogP contribution in [-0.4, -0.2) is 98.3 Å². The maximum absolute atomic E-state index is 13.2. The minimum absolute atomic E-state index is 0.0380. The van der Waals surface area contributed by atoms with E-state index in [0.29, 0.717) is 30.3 Å². The van der Waals surface area contributed by atoms with Crippen LogP contribution in [0, 0.1) is 0 Å². The van der Waals surface area contributed by atoms with Crippen LogP contribution in [0.1, 0.15) is 43.0 Å². The molecule has 1 aliphatic carbocycles. The molecule has 2 saturated heterocycles. The van der Waals surface area contributed by atoms with E-state index < -0.39 is 0 Å². The van der Waals surface area contributed by atoms with Crippen molar-refractivity contribution in [2.45, 2.75) is 50.7 Å². The number of rotatable bonds is 6. The molecule has 4 aliphatic rings. The molecule has 6 rings (SSSR count). The van der Waals surface area contributed by atoms with Gasteiger partial charge in [0.25, 0.3) is 5.91 Å². The molecule has 10 nitrogen and oxygen atoms in total. The molecule has 1 aromatic heterocycles. The number of pyridine rings is 1. The molecule has 208 valence electrons. The molecule has 4 heterocycles. The summed E-state index contributed by atoms with van der Waals surface area (Å²) >= 11 is 0. The zero-order chi connectivity index (χ0) is 27.1. The van der Waals surface area contributed by atoms with Gasteiger partial charge >= 0.3 is 0 Å². The van der Waals surface area contributed by atoms with E-state index in [1.807, 2.05) is 36.1 Å². The third kappa shape index (κ3) is 5.03. The fraction of sp³-hybridized carbons (Fsp3) is 0.552. The standard InChI is InChI=1S/C29H38N6O4/c1-19-28(36)32(2)24-8-9-26(31-27(24)35(19)22-10-16-39-17-11-22)30-23-7-4-20(18-25(23)38-3)29(37)34-14-12-33(13-15-34)21-5-6-21/h4,7-9,18-19,21-22H,5-6,10-17H2,1-3H3,(H,30,31)/t19-/m1/s1. The van der Waals surface area contributed by atoms with E-state index in [0.717, 1.165) is 62.3 Å². The first-order chi connectivity index (χ1) is 18.9. The Morgan fingerprint density at radius 2 is 1.77 bits per heavy atom. The van der Waals surface area contributed by atoms with Crippen molar-refractivity contribution < 1.29 is 19.1 Å². The van der Waals surface area contributed by atoms with Gasteiger partial charge in [0.15, 0.2) is 5.82 Å². The van der Waals surface area contributed by atoms with E-state index in [2.05, 4.69) is 15.1 Å². The monoisotopic (exact) mass is 534 g/mol. The van der Waals surface area contributed by atoms with Crippen LogP contribution in [0.15, 0.2) is 30.3 Å². The number of hydrogen-bond acceptors (Lipinski definition) is 8. The Morgan fingerprint density at radius 1 is 1.03 bits per heavy atom. The molecule has 0 unspecified atom stereocenters. The molecular weight excluding hydrogens is 496 g/mol. The van der Waals surface area contributed by atoms with E-state index in [1.165, 1.54) is 12.8 Å². The summed E-state index contributed by atoms with van der Waals surface area (Å²) in [6.07, 6.45) is 4.30. The van der Waals surface area contributed by atoms with Crippen molar-refractivity contribution in [1.29, 1.82) is 0 Å². The maximum atomic E-state index is 13.2. The van der Waals surface area contributed by atoms with Crippen LogP contribution < -0.4 is 19.9 Å². The molecular formula is C29H38N6O4. The van der Waals surface area contributed by atoms with Crippen LogP contribution in [0.3, 0.4) is 0 Å². The second-order valence-corrected chi connectivity index (χ2v) is 11.0. The number of amides is 2. The highest BCUT2D eigenvalue weighted by atomic mass is 16.5. The van der Waals surface area contributed by atoms with Gasteiger partial charge in [-0.3, -0.25) is 14.5 Å². The van der Waals surface area contributed by atoms with Crippen molar-refractivity contribution in [2.24, 2.45) is 0 Å². The summed E-state index contributed by atoms with van der Waals surface area (Å²) < 4.78 is 11.3. The third-order valence-electron chi connectivity index (χ3n) is 8.53. The molecule has 39 heavy (non-hydrogen) atoms. The predicted octanol–water partition coefficient (Wildman–Crippen LogP) is 3.10. The summed E-state index contributed by atoms with van der Waals surface area (Å²) in [4.78, 5) is 39.5. The Bertz CT molecular complexity index is 1240. The number of likely N-dealkylation sites (N-methyl/N-ethyl adjacent to an activating group) is 1. The van der Waals surface area contributed by atoms with Crippen molar-refractivity contribution >= 4 is 34.8 Å². The average molecular weight is 535 g/mol. The van der Waals surface area contributed by atoms with E-state index in [1.54, 1.807) is 25.1 Å². The SMILES string of the molecule is COc1cc(C(=O)N2CCN(C3CC3)CC2)ccc1Nc1ccc2c(n1)N(C1CCOCC1)[C@H](C)C(=O)N2C. The number of carbonyl (C=O) groups excluding carboxylic acids is 2. The molecule has 0 radical (unpaired) electrons. The number of anilines is 4. The van der Waals surface area contributed by atoms with Crippen LogP contribution in [0.2, 0.25) is 0 Å². The highest BCUT2D eigenvalue weighted by molar-refractivity contribution is 6.04. The van der Waals surface area contributed by atoms with Gasteiger partial charge in [-0.1, -0.05) is 0 Å². The Labute approximate surface area is 229 Å².